The van der Waals surface area contributed by atoms with Gasteiger partial charge in [-0.05, 0) is 41.8 Å². The number of rotatable bonds is 3. The molecule has 0 aliphatic rings. The fraction of sp³-hybridized carbons (Fsp3) is 0.200. The molecule has 2 aromatic carbocycles. The van der Waals surface area contributed by atoms with Crippen LogP contribution in [0.15, 0.2) is 42.5 Å². The number of nitrogen functional groups attached to an aromatic ring is 1. The Morgan fingerprint density at radius 1 is 1.06 bits per heavy atom. The Balaban J connectivity index is 2.18. The van der Waals surface area contributed by atoms with E-state index in [1.54, 1.807) is 6.07 Å². The van der Waals surface area contributed by atoms with Crippen molar-refractivity contribution < 1.29 is 0 Å². The lowest BCUT2D eigenvalue weighted by Gasteiger charge is -2.11. The lowest BCUT2D eigenvalue weighted by atomic mass is 10.0. The van der Waals surface area contributed by atoms with Gasteiger partial charge in [0.25, 0.3) is 0 Å². The molecule has 3 N–H and O–H groups in total. The summed E-state index contributed by atoms with van der Waals surface area (Å²) >= 11 is 6.12. The van der Waals surface area contributed by atoms with Gasteiger partial charge in [-0.2, -0.15) is 0 Å². The van der Waals surface area contributed by atoms with Crippen LogP contribution >= 0.6 is 11.6 Å². The Hall–Kier alpha value is -1.67. The molecule has 0 bridgehead atoms. The molecule has 2 rings (SSSR count). The monoisotopic (exact) mass is 260 g/mol. The number of anilines is 3. The second kappa shape index (κ2) is 5.32. The van der Waals surface area contributed by atoms with Crippen LogP contribution in [0, 0.1) is 0 Å². The summed E-state index contributed by atoms with van der Waals surface area (Å²) in [5.41, 5.74) is 9.54. The minimum absolute atomic E-state index is 0.541. The van der Waals surface area contributed by atoms with Gasteiger partial charge in [-0.15, -0.1) is 0 Å². The molecule has 94 valence electrons. The van der Waals surface area contributed by atoms with Crippen LogP contribution < -0.4 is 11.1 Å². The van der Waals surface area contributed by atoms with E-state index in [2.05, 4.69) is 43.4 Å². The first-order chi connectivity index (χ1) is 8.56. The van der Waals surface area contributed by atoms with E-state index in [0.717, 1.165) is 11.4 Å². The van der Waals surface area contributed by atoms with Crippen molar-refractivity contribution in [2.75, 3.05) is 11.1 Å². The maximum absolute atomic E-state index is 6.12. The van der Waals surface area contributed by atoms with Crippen molar-refractivity contribution in [2.24, 2.45) is 0 Å². The molecule has 2 aromatic rings. The van der Waals surface area contributed by atoms with Gasteiger partial charge >= 0.3 is 0 Å². The van der Waals surface area contributed by atoms with Gasteiger partial charge in [-0.3, -0.25) is 0 Å². The third kappa shape index (κ3) is 2.96. The number of hydrogen-bond donors (Lipinski definition) is 2. The van der Waals surface area contributed by atoms with Crippen molar-refractivity contribution in [3.63, 3.8) is 0 Å². The summed E-state index contributed by atoms with van der Waals surface area (Å²) in [6.45, 7) is 4.36. The van der Waals surface area contributed by atoms with Crippen LogP contribution in [0.4, 0.5) is 17.1 Å². The highest BCUT2D eigenvalue weighted by Crippen LogP contribution is 2.27. The van der Waals surface area contributed by atoms with E-state index < -0.39 is 0 Å². The van der Waals surface area contributed by atoms with Crippen molar-refractivity contribution in [3.8, 4) is 0 Å². The number of hydrogen-bond acceptors (Lipinski definition) is 2. The van der Waals surface area contributed by atoms with Crippen LogP contribution in [0.5, 0.6) is 0 Å². The first-order valence-electron chi connectivity index (χ1n) is 5.98. The van der Waals surface area contributed by atoms with Gasteiger partial charge in [0.15, 0.2) is 0 Å². The third-order valence-electron chi connectivity index (χ3n) is 2.85. The minimum Gasteiger partial charge on any atom is -0.399 e. The Morgan fingerprint density at radius 2 is 1.72 bits per heavy atom. The number of nitrogens with one attached hydrogen (secondary N) is 1. The van der Waals surface area contributed by atoms with Crippen LogP contribution in [0.25, 0.3) is 0 Å². The van der Waals surface area contributed by atoms with E-state index in [1.807, 2.05) is 12.1 Å². The summed E-state index contributed by atoms with van der Waals surface area (Å²) in [4.78, 5) is 0. The predicted octanol–water partition coefficient (Wildman–Crippen LogP) is 4.79. The molecule has 0 aromatic heterocycles. The summed E-state index contributed by atoms with van der Waals surface area (Å²) < 4.78 is 0. The zero-order valence-corrected chi connectivity index (χ0v) is 11.3. The van der Waals surface area contributed by atoms with Crippen molar-refractivity contribution in [3.05, 3.63) is 53.1 Å². The fourth-order valence-corrected chi connectivity index (χ4v) is 1.98. The molecule has 0 aliphatic heterocycles. The Bertz CT molecular complexity index is 533. The number of benzene rings is 2. The second-order valence-electron chi connectivity index (χ2n) is 4.64. The highest BCUT2D eigenvalue weighted by atomic mass is 35.5. The topological polar surface area (TPSA) is 38.0 Å². The molecule has 0 unspecified atom stereocenters. The zero-order chi connectivity index (χ0) is 13.1. The zero-order valence-electron chi connectivity index (χ0n) is 10.6. The molecule has 0 heterocycles. The predicted molar refractivity (Wildman–Crippen MR) is 79.7 cm³/mol. The molecule has 0 fully saturated rings. The quantitative estimate of drug-likeness (QED) is 0.779. The van der Waals surface area contributed by atoms with Crippen molar-refractivity contribution in [2.45, 2.75) is 19.8 Å². The van der Waals surface area contributed by atoms with Crippen LogP contribution in [0.1, 0.15) is 25.3 Å². The summed E-state index contributed by atoms with van der Waals surface area (Å²) in [6.07, 6.45) is 0. The Morgan fingerprint density at radius 3 is 2.28 bits per heavy atom. The number of nitrogens with two attached hydrogens (primary N) is 1. The van der Waals surface area contributed by atoms with E-state index >= 15 is 0 Å². The highest BCUT2D eigenvalue weighted by Gasteiger charge is 2.02. The van der Waals surface area contributed by atoms with Gasteiger partial charge < -0.3 is 11.1 Å². The molecule has 0 atom stereocenters. The molecule has 2 nitrogen and oxygen atoms in total. The summed E-state index contributed by atoms with van der Waals surface area (Å²) in [5, 5.41) is 3.91. The lowest BCUT2D eigenvalue weighted by molar-refractivity contribution is 0.867. The van der Waals surface area contributed by atoms with Crippen molar-refractivity contribution in [1.82, 2.24) is 0 Å². The normalized spacial score (nSPS) is 10.7. The maximum Gasteiger partial charge on any atom is 0.0661 e. The molecule has 0 spiro atoms. The smallest absolute Gasteiger partial charge is 0.0661 e. The van der Waals surface area contributed by atoms with E-state index in [9.17, 15) is 0 Å². The average molecular weight is 261 g/mol. The van der Waals surface area contributed by atoms with Gasteiger partial charge in [0.2, 0.25) is 0 Å². The van der Waals surface area contributed by atoms with Crippen molar-refractivity contribution >= 4 is 28.7 Å². The molecule has 0 amide bonds. The molecular weight excluding hydrogens is 244 g/mol. The first kappa shape index (κ1) is 12.8. The second-order valence-corrected chi connectivity index (χ2v) is 5.05. The first-order valence-corrected chi connectivity index (χ1v) is 6.36. The van der Waals surface area contributed by atoms with Crippen LogP contribution in [0.3, 0.4) is 0 Å². The standard InChI is InChI=1S/C15H17ClN2/c1-10(2)11-3-6-13(7-4-11)18-15-8-5-12(17)9-14(15)16/h3-10,18H,17H2,1-2H3. The van der Waals surface area contributed by atoms with Gasteiger partial charge in [0.1, 0.15) is 0 Å². The maximum atomic E-state index is 6.12. The molecule has 0 saturated heterocycles. The molecule has 0 saturated carbocycles. The molecule has 18 heavy (non-hydrogen) atoms. The Labute approximate surface area is 113 Å². The molecular formula is C15H17ClN2. The highest BCUT2D eigenvalue weighted by molar-refractivity contribution is 6.33. The van der Waals surface area contributed by atoms with Crippen molar-refractivity contribution in [1.29, 1.82) is 0 Å². The molecule has 0 radical (unpaired) electrons. The van der Waals surface area contributed by atoms with Crippen LogP contribution in [0.2, 0.25) is 5.02 Å². The largest absolute Gasteiger partial charge is 0.399 e. The van der Waals surface area contributed by atoms with Gasteiger partial charge in [-0.1, -0.05) is 37.6 Å². The summed E-state index contributed by atoms with van der Waals surface area (Å²) in [6, 6.07) is 13.8. The number of halogens is 1. The van der Waals surface area contributed by atoms with Crippen LogP contribution in [-0.4, -0.2) is 0 Å². The van der Waals surface area contributed by atoms with Gasteiger partial charge in [-0.25, -0.2) is 0 Å². The summed E-state index contributed by atoms with van der Waals surface area (Å²) in [5.74, 6) is 0.541. The Kier molecular flexibility index (Phi) is 3.78. The van der Waals surface area contributed by atoms with E-state index in [-0.39, 0.29) is 0 Å². The van der Waals surface area contributed by atoms with E-state index in [4.69, 9.17) is 17.3 Å². The minimum atomic E-state index is 0.541. The van der Waals surface area contributed by atoms with E-state index in [0.29, 0.717) is 16.6 Å². The van der Waals surface area contributed by atoms with E-state index in [1.165, 1.54) is 5.56 Å². The third-order valence-corrected chi connectivity index (χ3v) is 3.16. The SMILES string of the molecule is CC(C)c1ccc(Nc2ccc(N)cc2Cl)cc1. The van der Waals surface area contributed by atoms with Gasteiger partial charge in [0.05, 0.1) is 10.7 Å². The summed E-state index contributed by atoms with van der Waals surface area (Å²) in [7, 11) is 0. The van der Waals surface area contributed by atoms with Crippen LogP contribution in [-0.2, 0) is 0 Å². The molecule has 3 heteroatoms. The average Bonchev–Trinajstić information content (AvgIpc) is 2.33. The lowest BCUT2D eigenvalue weighted by Crippen LogP contribution is -1.94. The fourth-order valence-electron chi connectivity index (χ4n) is 1.74. The van der Waals surface area contributed by atoms with Gasteiger partial charge in [0, 0.05) is 11.4 Å². The molecule has 0 aliphatic carbocycles.